The second-order valence-electron chi connectivity index (χ2n) is 7.73. The molecule has 4 rings (SSSR count). The number of aryl methyl sites for hydroxylation is 1. The van der Waals surface area contributed by atoms with Crippen molar-refractivity contribution in [1.82, 2.24) is 10.2 Å². The van der Waals surface area contributed by atoms with Crippen molar-refractivity contribution in [2.45, 2.75) is 44.1 Å². The third kappa shape index (κ3) is 3.67. The van der Waals surface area contributed by atoms with Crippen LogP contribution in [0.2, 0.25) is 6.32 Å². The highest BCUT2D eigenvalue weighted by molar-refractivity contribution is 6.59. The van der Waals surface area contributed by atoms with Crippen molar-refractivity contribution in [2.75, 3.05) is 19.6 Å². The van der Waals surface area contributed by atoms with Gasteiger partial charge in [-0.15, -0.1) is 0 Å². The van der Waals surface area contributed by atoms with Crippen molar-refractivity contribution in [2.24, 2.45) is 0 Å². The molecule has 0 aromatic heterocycles. The number of carbonyl (C=O) groups is 2. The Morgan fingerprint density at radius 3 is 2.71 bits per heavy atom. The second-order valence-corrected chi connectivity index (χ2v) is 7.73. The molecule has 0 saturated carbocycles. The number of amides is 1. The number of carboxylic acids is 1. The summed E-state index contributed by atoms with van der Waals surface area (Å²) in [5.41, 5.74) is 0.379. The molecule has 28 heavy (non-hydrogen) atoms. The van der Waals surface area contributed by atoms with Crippen molar-refractivity contribution in [3.8, 4) is 11.5 Å². The smallest absolute Gasteiger partial charge is 0.430 e. The van der Waals surface area contributed by atoms with Gasteiger partial charge in [0.25, 0.3) is 0 Å². The lowest BCUT2D eigenvalue weighted by Crippen LogP contribution is -2.61. The molecular weight excluding hydrogens is 367 g/mol. The van der Waals surface area contributed by atoms with Crippen molar-refractivity contribution in [3.05, 3.63) is 23.3 Å². The zero-order chi connectivity index (χ0) is 19.9. The maximum absolute atomic E-state index is 12.5. The van der Waals surface area contributed by atoms with Gasteiger partial charge in [0.15, 0.2) is 0 Å². The van der Waals surface area contributed by atoms with Crippen molar-refractivity contribution in [3.63, 3.8) is 0 Å². The van der Waals surface area contributed by atoms with Crippen molar-refractivity contribution < 1.29 is 34.1 Å². The van der Waals surface area contributed by atoms with Crippen molar-refractivity contribution in [1.29, 1.82) is 0 Å². The highest BCUT2D eigenvalue weighted by Crippen LogP contribution is 2.39. The van der Waals surface area contributed by atoms with Crippen LogP contribution in [0, 0.1) is 0 Å². The SMILES string of the molecule is O=C(O)c1c(OC2CN(C(=O)C3CCCCN3)C2)ccc2c1O[B-](O)(O)CC2. The molecule has 3 aliphatic rings. The zero-order valence-electron chi connectivity index (χ0n) is 15.5. The fraction of sp³-hybridized carbons (Fsp3) is 0.556. The van der Waals surface area contributed by atoms with Gasteiger partial charge in [-0.1, -0.05) is 18.8 Å². The van der Waals surface area contributed by atoms with Crippen molar-refractivity contribution >= 4 is 18.6 Å². The van der Waals surface area contributed by atoms with Crippen LogP contribution in [0.25, 0.3) is 0 Å². The van der Waals surface area contributed by atoms with Gasteiger partial charge in [-0.3, -0.25) is 4.79 Å². The van der Waals surface area contributed by atoms with Crippen LogP contribution in [-0.2, 0) is 11.2 Å². The minimum absolute atomic E-state index is 0.0150. The summed E-state index contributed by atoms with van der Waals surface area (Å²) in [6.45, 7) is -1.45. The summed E-state index contributed by atoms with van der Waals surface area (Å²) in [6.07, 6.45) is 2.96. The number of carbonyl (C=O) groups excluding carboxylic acids is 1. The van der Waals surface area contributed by atoms with E-state index in [-0.39, 0.29) is 41.4 Å². The highest BCUT2D eigenvalue weighted by atomic mass is 16.6. The Morgan fingerprint density at radius 1 is 1.25 bits per heavy atom. The highest BCUT2D eigenvalue weighted by Gasteiger charge is 2.38. The number of nitrogens with one attached hydrogen (secondary N) is 1. The molecule has 2 saturated heterocycles. The van der Waals surface area contributed by atoms with Crippen LogP contribution in [0.1, 0.15) is 35.2 Å². The van der Waals surface area contributed by atoms with E-state index in [9.17, 15) is 24.7 Å². The lowest BCUT2D eigenvalue weighted by molar-refractivity contribution is -0.142. The van der Waals surface area contributed by atoms with E-state index in [1.165, 1.54) is 0 Å². The fourth-order valence-electron chi connectivity index (χ4n) is 3.99. The van der Waals surface area contributed by atoms with Gasteiger partial charge in [0.1, 0.15) is 17.4 Å². The average molecular weight is 391 g/mol. The van der Waals surface area contributed by atoms with Crippen LogP contribution >= 0.6 is 0 Å². The lowest BCUT2D eigenvalue weighted by Gasteiger charge is -2.42. The Labute approximate surface area is 162 Å². The minimum Gasteiger partial charge on any atom is -0.669 e. The van der Waals surface area contributed by atoms with E-state index in [0.29, 0.717) is 25.1 Å². The summed E-state index contributed by atoms with van der Waals surface area (Å²) in [5.74, 6) is -1.16. The number of likely N-dealkylation sites (tertiary alicyclic amines) is 1. The Balaban J connectivity index is 1.45. The summed E-state index contributed by atoms with van der Waals surface area (Å²) >= 11 is 0. The number of hydrogen-bond donors (Lipinski definition) is 4. The van der Waals surface area contributed by atoms with Crippen LogP contribution in [0.3, 0.4) is 0 Å². The van der Waals surface area contributed by atoms with Gasteiger partial charge in [-0.05, 0) is 37.4 Å². The first-order chi connectivity index (χ1) is 13.3. The molecule has 1 aromatic carbocycles. The Kier molecular flexibility index (Phi) is 4.94. The normalized spacial score (nSPS) is 23.9. The van der Waals surface area contributed by atoms with E-state index in [1.54, 1.807) is 17.0 Å². The molecule has 152 valence electrons. The number of rotatable bonds is 4. The monoisotopic (exact) mass is 391 g/mol. The predicted octanol–water partition coefficient (Wildman–Crippen LogP) is -0.0251. The van der Waals surface area contributed by atoms with Gasteiger partial charge in [0.2, 0.25) is 5.91 Å². The number of carboxylic acid groups (broad SMARTS) is 1. The first kappa shape index (κ1) is 19.0. The minimum atomic E-state index is -3.08. The van der Waals surface area contributed by atoms with Gasteiger partial charge in [0.05, 0.1) is 24.9 Å². The first-order valence-electron chi connectivity index (χ1n) is 9.71. The molecule has 1 atom stereocenters. The molecule has 0 bridgehead atoms. The zero-order valence-corrected chi connectivity index (χ0v) is 15.5. The maximum atomic E-state index is 12.5. The van der Waals surface area contributed by atoms with E-state index in [4.69, 9.17) is 9.39 Å². The predicted molar refractivity (Wildman–Crippen MR) is 99.4 cm³/mol. The average Bonchev–Trinajstić information content (AvgIpc) is 2.63. The van der Waals surface area contributed by atoms with Crippen LogP contribution in [0.15, 0.2) is 12.1 Å². The summed E-state index contributed by atoms with van der Waals surface area (Å²) in [7, 11) is 0. The topological polar surface area (TPSA) is 129 Å². The molecule has 3 aliphatic heterocycles. The molecule has 9 nitrogen and oxygen atoms in total. The molecule has 2 fully saturated rings. The Hall–Kier alpha value is -2.30. The molecule has 3 heterocycles. The molecule has 1 amide bonds. The first-order valence-corrected chi connectivity index (χ1v) is 9.71. The fourth-order valence-corrected chi connectivity index (χ4v) is 3.99. The third-order valence-electron chi connectivity index (χ3n) is 5.57. The van der Waals surface area contributed by atoms with Gasteiger partial charge < -0.3 is 34.8 Å². The number of nitrogens with zero attached hydrogens (tertiary/aromatic N) is 1. The van der Waals surface area contributed by atoms with Gasteiger partial charge in [0, 0.05) is 0 Å². The number of benzene rings is 1. The summed E-state index contributed by atoms with van der Waals surface area (Å²) in [5, 5.41) is 32.4. The summed E-state index contributed by atoms with van der Waals surface area (Å²) in [6, 6.07) is 3.09. The quantitative estimate of drug-likeness (QED) is 0.527. The van der Waals surface area contributed by atoms with Gasteiger partial charge >= 0.3 is 12.7 Å². The van der Waals surface area contributed by atoms with Crippen LogP contribution in [0.4, 0.5) is 0 Å². The molecule has 0 spiro atoms. The largest absolute Gasteiger partial charge is 0.669 e. The molecule has 0 radical (unpaired) electrons. The standard InChI is InChI=1S/C18H24BN2O7/c22-17(13-3-1-2-8-20-13)21-9-12(10-21)27-14-5-4-11-6-7-19(25,26)28-16(11)15(14)18(23)24/h4-5,12-13,20,25-26H,1-3,6-10H2,(H,23,24)/q-1. The number of piperidine rings is 1. The third-order valence-corrected chi connectivity index (χ3v) is 5.57. The molecule has 1 unspecified atom stereocenters. The Bertz CT molecular complexity index is 788. The lowest BCUT2D eigenvalue weighted by atomic mass is 9.70. The van der Waals surface area contributed by atoms with Crippen LogP contribution < -0.4 is 14.7 Å². The molecule has 4 N–H and O–H groups in total. The Morgan fingerprint density at radius 2 is 2.04 bits per heavy atom. The number of aromatic carboxylic acids is 1. The second kappa shape index (κ2) is 7.27. The molecular formula is C18H24BN2O7-. The number of ether oxygens (including phenoxy) is 1. The van der Waals surface area contributed by atoms with Crippen LogP contribution in [0.5, 0.6) is 11.5 Å². The van der Waals surface area contributed by atoms with Gasteiger partial charge in [-0.25, -0.2) is 4.79 Å². The van der Waals surface area contributed by atoms with Crippen LogP contribution in [-0.4, -0.2) is 70.5 Å². The van der Waals surface area contributed by atoms with Gasteiger partial charge in [-0.2, -0.15) is 0 Å². The van der Waals surface area contributed by atoms with E-state index in [0.717, 1.165) is 25.8 Å². The number of fused-ring (bicyclic) bond motifs is 1. The van der Waals surface area contributed by atoms with E-state index < -0.39 is 12.7 Å². The maximum Gasteiger partial charge on any atom is 0.430 e. The van der Waals surface area contributed by atoms with E-state index in [2.05, 4.69) is 5.32 Å². The molecule has 1 aromatic rings. The van der Waals surface area contributed by atoms with E-state index in [1.807, 2.05) is 0 Å². The summed E-state index contributed by atoms with van der Waals surface area (Å²) < 4.78 is 11.0. The molecule has 10 heteroatoms. The van der Waals surface area contributed by atoms with E-state index >= 15 is 0 Å². The molecule has 0 aliphatic carbocycles. The number of hydrogen-bond acceptors (Lipinski definition) is 7. The summed E-state index contributed by atoms with van der Waals surface area (Å²) in [4.78, 5) is 25.9.